The smallest absolute Gasteiger partial charge is 0.255 e. The van der Waals surface area contributed by atoms with Crippen LogP contribution in [0.4, 0.5) is 11.4 Å². The van der Waals surface area contributed by atoms with Crippen molar-refractivity contribution in [3.8, 4) is 0 Å². The first kappa shape index (κ1) is 15.2. The number of carbonyl (C=O) groups excluding carboxylic acids is 1. The molecule has 2 aliphatic heterocycles. The summed E-state index contributed by atoms with van der Waals surface area (Å²) in [5.41, 5.74) is 1.69. The van der Waals surface area contributed by atoms with Crippen molar-refractivity contribution in [2.45, 2.75) is 23.9 Å². The number of hydrogen-bond donors (Lipinski definition) is 2. The third kappa shape index (κ3) is 2.55. The van der Waals surface area contributed by atoms with Crippen LogP contribution < -0.4 is 14.9 Å². The lowest BCUT2D eigenvalue weighted by molar-refractivity contribution is 0.102. The summed E-state index contributed by atoms with van der Waals surface area (Å²) >= 11 is 0. The van der Waals surface area contributed by atoms with E-state index >= 15 is 0 Å². The molecule has 24 heavy (non-hydrogen) atoms. The van der Waals surface area contributed by atoms with Gasteiger partial charge in [0.25, 0.3) is 5.91 Å². The maximum Gasteiger partial charge on any atom is 0.255 e. The highest BCUT2D eigenvalue weighted by Crippen LogP contribution is 2.36. The lowest BCUT2D eigenvalue weighted by atomic mass is 10.2. The van der Waals surface area contributed by atoms with Crippen molar-refractivity contribution in [3.63, 3.8) is 0 Å². The zero-order valence-electron chi connectivity index (χ0n) is 12.9. The van der Waals surface area contributed by atoms with Gasteiger partial charge in [-0.3, -0.25) is 4.79 Å². The Labute approximate surface area is 140 Å². The Morgan fingerprint density at radius 1 is 1.17 bits per heavy atom. The molecule has 1 amide bonds. The molecule has 0 bridgehead atoms. The van der Waals surface area contributed by atoms with Crippen molar-refractivity contribution in [3.05, 3.63) is 54.1 Å². The molecule has 0 spiro atoms. The fraction of sp³-hybridized carbons (Fsp3) is 0.235. The molecular weight excluding hydrogens is 326 g/mol. The van der Waals surface area contributed by atoms with Gasteiger partial charge in [0, 0.05) is 17.8 Å². The van der Waals surface area contributed by atoms with Crippen molar-refractivity contribution in [2.24, 2.45) is 0 Å². The van der Waals surface area contributed by atoms with E-state index in [1.54, 1.807) is 36.4 Å². The monoisotopic (exact) mass is 343 g/mol. The number of benzene rings is 2. The van der Waals surface area contributed by atoms with Gasteiger partial charge in [-0.1, -0.05) is 18.2 Å². The highest BCUT2D eigenvalue weighted by Gasteiger charge is 2.37. The van der Waals surface area contributed by atoms with Gasteiger partial charge < -0.3 is 10.2 Å². The van der Waals surface area contributed by atoms with E-state index in [-0.39, 0.29) is 17.0 Å². The summed E-state index contributed by atoms with van der Waals surface area (Å²) in [4.78, 5) is 14.5. The van der Waals surface area contributed by atoms with Gasteiger partial charge in [0.1, 0.15) is 4.90 Å². The topological polar surface area (TPSA) is 78.5 Å². The molecule has 0 aromatic heterocycles. The van der Waals surface area contributed by atoms with Crippen molar-refractivity contribution in [1.29, 1.82) is 0 Å². The first-order valence-corrected chi connectivity index (χ1v) is 9.32. The average Bonchev–Trinajstić information content (AvgIpc) is 3.03. The first-order chi connectivity index (χ1) is 11.5. The Hall–Kier alpha value is -2.38. The normalized spacial score (nSPS) is 21.0. The maximum atomic E-state index is 12.5. The molecule has 1 unspecified atom stereocenters. The number of rotatable bonds is 2. The number of amides is 1. The predicted molar refractivity (Wildman–Crippen MR) is 91.5 cm³/mol. The molecule has 0 saturated carbocycles. The summed E-state index contributed by atoms with van der Waals surface area (Å²) in [7, 11) is -3.56. The number of nitrogens with zero attached hydrogens (tertiary/aromatic N) is 1. The van der Waals surface area contributed by atoms with Crippen LogP contribution in [0.5, 0.6) is 0 Å². The molecular formula is C17H17N3O3S. The second-order valence-electron chi connectivity index (χ2n) is 5.98. The van der Waals surface area contributed by atoms with E-state index in [4.69, 9.17) is 0 Å². The van der Waals surface area contributed by atoms with Crippen LogP contribution in [0.25, 0.3) is 0 Å². The zero-order chi connectivity index (χ0) is 16.7. The Bertz CT molecular complexity index is 897. The summed E-state index contributed by atoms with van der Waals surface area (Å²) in [6, 6.07) is 13.9. The van der Waals surface area contributed by atoms with Crippen molar-refractivity contribution >= 4 is 27.3 Å². The summed E-state index contributed by atoms with van der Waals surface area (Å²) in [5, 5.41) is 2.76. The van der Waals surface area contributed by atoms with Crippen molar-refractivity contribution in [1.82, 2.24) is 4.72 Å². The number of nitrogens with one attached hydrogen (secondary N) is 2. The number of fused-ring (bicyclic) bond motifs is 3. The van der Waals surface area contributed by atoms with Crippen LogP contribution in [0.1, 0.15) is 23.2 Å². The third-order valence-electron chi connectivity index (χ3n) is 4.40. The summed E-state index contributed by atoms with van der Waals surface area (Å²) < 4.78 is 27.7. The van der Waals surface area contributed by atoms with Gasteiger partial charge in [-0.25, -0.2) is 8.42 Å². The lowest BCUT2D eigenvalue weighted by Crippen LogP contribution is -2.48. The van der Waals surface area contributed by atoms with Gasteiger partial charge in [0.15, 0.2) is 0 Å². The molecule has 1 fully saturated rings. The van der Waals surface area contributed by atoms with Gasteiger partial charge in [-0.15, -0.1) is 0 Å². The highest BCUT2D eigenvalue weighted by atomic mass is 32.2. The van der Waals surface area contributed by atoms with Crippen LogP contribution in [0.2, 0.25) is 0 Å². The molecule has 2 aromatic rings. The fourth-order valence-corrected chi connectivity index (χ4v) is 4.73. The maximum absolute atomic E-state index is 12.5. The van der Waals surface area contributed by atoms with E-state index in [1.807, 2.05) is 6.07 Å². The molecule has 7 heteroatoms. The summed E-state index contributed by atoms with van der Waals surface area (Å²) in [6.07, 6.45) is 1.61. The second-order valence-corrected chi connectivity index (χ2v) is 7.66. The molecule has 6 nitrogen and oxygen atoms in total. The molecule has 2 aliphatic rings. The quantitative estimate of drug-likeness (QED) is 0.876. The number of sulfonamides is 1. The van der Waals surface area contributed by atoms with Gasteiger partial charge in [0.05, 0.1) is 11.9 Å². The summed E-state index contributed by atoms with van der Waals surface area (Å²) in [6.45, 7) is 0.829. The van der Waals surface area contributed by atoms with Gasteiger partial charge >= 0.3 is 0 Å². The van der Waals surface area contributed by atoms with E-state index in [0.29, 0.717) is 16.9 Å². The number of carbonyl (C=O) groups is 1. The van der Waals surface area contributed by atoms with E-state index < -0.39 is 10.0 Å². The minimum Gasteiger partial charge on any atom is -0.354 e. The highest BCUT2D eigenvalue weighted by molar-refractivity contribution is 7.89. The minimum absolute atomic E-state index is 0.160. The van der Waals surface area contributed by atoms with Crippen LogP contribution in [0, 0.1) is 0 Å². The molecule has 1 saturated heterocycles. The van der Waals surface area contributed by atoms with Crippen LogP contribution in [-0.2, 0) is 10.0 Å². The number of anilines is 2. The lowest BCUT2D eigenvalue weighted by Gasteiger charge is -2.34. The van der Waals surface area contributed by atoms with Crippen LogP contribution in [-0.4, -0.2) is 27.0 Å². The molecule has 2 N–H and O–H groups in total. The van der Waals surface area contributed by atoms with Crippen LogP contribution >= 0.6 is 0 Å². The van der Waals surface area contributed by atoms with Gasteiger partial charge in [-0.05, 0) is 43.2 Å². The van der Waals surface area contributed by atoms with E-state index in [2.05, 4.69) is 14.9 Å². The Kier molecular flexibility index (Phi) is 3.54. The van der Waals surface area contributed by atoms with Crippen LogP contribution in [0.15, 0.2) is 53.4 Å². The first-order valence-electron chi connectivity index (χ1n) is 7.84. The molecule has 0 aliphatic carbocycles. The molecule has 1 atom stereocenters. The third-order valence-corrected chi connectivity index (χ3v) is 5.88. The molecule has 2 aromatic carbocycles. The van der Waals surface area contributed by atoms with Crippen molar-refractivity contribution in [2.75, 3.05) is 16.8 Å². The van der Waals surface area contributed by atoms with E-state index in [9.17, 15) is 13.2 Å². The van der Waals surface area contributed by atoms with E-state index in [1.165, 1.54) is 6.07 Å². The van der Waals surface area contributed by atoms with Gasteiger partial charge in [-0.2, -0.15) is 4.72 Å². The SMILES string of the molecule is O=C(Nc1ccc2c(c1)S(=O)(=O)NC1CCCN21)c1ccccc1. The molecule has 124 valence electrons. The Morgan fingerprint density at radius 2 is 1.96 bits per heavy atom. The zero-order valence-corrected chi connectivity index (χ0v) is 13.7. The molecule has 2 heterocycles. The summed E-state index contributed by atoms with van der Waals surface area (Å²) in [5.74, 6) is -0.268. The minimum atomic E-state index is -3.56. The Balaban J connectivity index is 1.67. The largest absolute Gasteiger partial charge is 0.354 e. The van der Waals surface area contributed by atoms with E-state index in [0.717, 1.165) is 19.4 Å². The molecule has 0 radical (unpaired) electrons. The molecule has 4 rings (SSSR count). The number of hydrogen-bond acceptors (Lipinski definition) is 4. The predicted octanol–water partition coefficient (Wildman–Crippen LogP) is 2.16. The van der Waals surface area contributed by atoms with Crippen molar-refractivity contribution < 1.29 is 13.2 Å². The average molecular weight is 343 g/mol. The van der Waals surface area contributed by atoms with Gasteiger partial charge in [0.2, 0.25) is 10.0 Å². The standard InChI is InChI=1S/C17H17N3O3S/c21-17(12-5-2-1-3-6-12)18-13-8-9-14-15(11-13)24(22,23)19-16-7-4-10-20(14)16/h1-3,5-6,8-9,11,16,19H,4,7,10H2,(H,18,21). The Morgan fingerprint density at radius 3 is 2.75 bits per heavy atom. The second kappa shape index (κ2) is 5.61. The fourth-order valence-electron chi connectivity index (χ4n) is 3.26. The van der Waals surface area contributed by atoms with Crippen LogP contribution in [0.3, 0.4) is 0 Å².